The summed E-state index contributed by atoms with van der Waals surface area (Å²) < 4.78 is 5.06. The number of amides is 1. The Bertz CT molecular complexity index is 805. The summed E-state index contributed by atoms with van der Waals surface area (Å²) in [6.45, 7) is 7.75. The van der Waals surface area contributed by atoms with Gasteiger partial charge in [0, 0.05) is 24.8 Å². The number of carbonyl (C=O) groups is 1. The molecule has 28 heavy (non-hydrogen) atoms. The summed E-state index contributed by atoms with van der Waals surface area (Å²) in [5.41, 5.74) is 3.40. The number of hydrogen-bond donors (Lipinski definition) is 2. The van der Waals surface area contributed by atoms with Crippen LogP contribution < -0.4 is 10.6 Å². The van der Waals surface area contributed by atoms with Gasteiger partial charge in [-0.15, -0.1) is 5.10 Å². The summed E-state index contributed by atoms with van der Waals surface area (Å²) >= 11 is 0. The van der Waals surface area contributed by atoms with Crippen LogP contribution in [0.25, 0.3) is 0 Å². The van der Waals surface area contributed by atoms with Gasteiger partial charge in [0.1, 0.15) is 0 Å². The number of nitrogens with zero attached hydrogens (tertiary/aromatic N) is 4. The lowest BCUT2D eigenvalue weighted by molar-refractivity contribution is 0.0983. The highest BCUT2D eigenvalue weighted by Gasteiger charge is 2.23. The molecule has 0 aliphatic carbocycles. The van der Waals surface area contributed by atoms with Gasteiger partial charge in [-0.3, -0.25) is 0 Å². The second-order valence-electron chi connectivity index (χ2n) is 6.86. The Kier molecular flexibility index (Phi) is 6.62. The van der Waals surface area contributed by atoms with Crippen LogP contribution in [-0.2, 0) is 11.2 Å². The van der Waals surface area contributed by atoms with Gasteiger partial charge in [0.2, 0.25) is 5.95 Å². The lowest BCUT2D eigenvalue weighted by atomic mass is 10.1. The lowest BCUT2D eigenvalue weighted by Gasteiger charge is -2.31. The van der Waals surface area contributed by atoms with E-state index in [-0.39, 0.29) is 12.1 Å². The molecule has 1 aromatic heterocycles. The maximum Gasteiger partial charge on any atom is 0.409 e. The predicted molar refractivity (Wildman–Crippen MR) is 109 cm³/mol. The largest absolute Gasteiger partial charge is 0.450 e. The molecule has 2 aromatic rings. The van der Waals surface area contributed by atoms with Crippen LogP contribution in [0.2, 0.25) is 0 Å². The molecule has 8 heteroatoms. The zero-order chi connectivity index (χ0) is 19.9. The molecule has 1 amide bonds. The van der Waals surface area contributed by atoms with Crippen molar-refractivity contribution in [3.8, 4) is 0 Å². The van der Waals surface area contributed by atoms with Crippen molar-refractivity contribution < 1.29 is 9.53 Å². The number of aryl methyl sites for hydroxylation is 2. The molecule has 150 valence electrons. The standard InChI is InChI=1S/C20H28N6O2/c1-4-15-8-6-7-14(3)18(15)24-19-23-17(13-21-25-19)22-16-9-11-26(12-10-16)20(27)28-5-2/h6-8,13,16H,4-5,9-12H2,1-3H3,(H2,22,23,24,25). The van der Waals surface area contributed by atoms with E-state index in [1.165, 1.54) is 5.56 Å². The molecule has 1 fully saturated rings. The molecule has 1 aromatic carbocycles. The fourth-order valence-electron chi connectivity index (χ4n) is 3.37. The number of nitrogens with one attached hydrogen (secondary N) is 2. The first-order valence-corrected chi connectivity index (χ1v) is 9.84. The van der Waals surface area contributed by atoms with E-state index in [9.17, 15) is 4.79 Å². The molecule has 0 unspecified atom stereocenters. The van der Waals surface area contributed by atoms with E-state index in [4.69, 9.17) is 4.74 Å². The van der Waals surface area contributed by atoms with Crippen LogP contribution in [-0.4, -0.2) is 51.9 Å². The summed E-state index contributed by atoms with van der Waals surface area (Å²) in [5.74, 6) is 1.15. The van der Waals surface area contributed by atoms with E-state index in [1.54, 1.807) is 11.1 Å². The number of rotatable bonds is 6. The average molecular weight is 384 g/mol. The Labute approximate surface area is 165 Å². The number of benzene rings is 1. The minimum Gasteiger partial charge on any atom is -0.450 e. The SMILES string of the molecule is CCOC(=O)N1CCC(Nc2cnnc(Nc3c(C)cccc3CC)n2)CC1. The zero-order valence-electron chi connectivity index (χ0n) is 16.7. The zero-order valence-corrected chi connectivity index (χ0v) is 16.7. The highest BCUT2D eigenvalue weighted by Crippen LogP contribution is 2.24. The van der Waals surface area contributed by atoms with Gasteiger partial charge in [-0.1, -0.05) is 25.1 Å². The van der Waals surface area contributed by atoms with Gasteiger partial charge >= 0.3 is 6.09 Å². The molecule has 3 rings (SSSR count). The molecule has 2 heterocycles. The first-order chi connectivity index (χ1) is 13.6. The van der Waals surface area contributed by atoms with Gasteiger partial charge in [0.25, 0.3) is 0 Å². The first kappa shape index (κ1) is 19.9. The number of piperidine rings is 1. The summed E-state index contributed by atoms with van der Waals surface area (Å²) in [4.78, 5) is 18.1. The molecule has 1 saturated heterocycles. The van der Waals surface area contributed by atoms with Gasteiger partial charge in [0.15, 0.2) is 5.82 Å². The monoisotopic (exact) mass is 384 g/mol. The van der Waals surface area contributed by atoms with Crippen molar-refractivity contribution in [3.63, 3.8) is 0 Å². The van der Waals surface area contributed by atoms with E-state index >= 15 is 0 Å². The highest BCUT2D eigenvalue weighted by atomic mass is 16.6. The smallest absolute Gasteiger partial charge is 0.409 e. The maximum absolute atomic E-state index is 11.8. The van der Waals surface area contributed by atoms with Gasteiger partial charge in [-0.2, -0.15) is 10.1 Å². The predicted octanol–water partition coefficient (Wildman–Crippen LogP) is 3.52. The summed E-state index contributed by atoms with van der Waals surface area (Å²) in [6.07, 6.45) is 3.99. The van der Waals surface area contributed by atoms with Crippen molar-refractivity contribution in [2.24, 2.45) is 0 Å². The Hall–Kier alpha value is -2.90. The van der Waals surface area contributed by atoms with Crippen LogP contribution in [0.4, 0.5) is 22.2 Å². The Morgan fingerprint density at radius 2 is 2.07 bits per heavy atom. The Morgan fingerprint density at radius 1 is 1.29 bits per heavy atom. The number of carbonyl (C=O) groups excluding carboxylic acids is 1. The molecular formula is C20H28N6O2. The Morgan fingerprint density at radius 3 is 2.79 bits per heavy atom. The quantitative estimate of drug-likeness (QED) is 0.787. The fourth-order valence-corrected chi connectivity index (χ4v) is 3.37. The number of hydrogen-bond acceptors (Lipinski definition) is 7. The molecule has 1 aliphatic rings. The molecule has 0 spiro atoms. The first-order valence-electron chi connectivity index (χ1n) is 9.84. The van der Waals surface area contributed by atoms with Crippen LogP contribution in [0.15, 0.2) is 24.4 Å². The highest BCUT2D eigenvalue weighted by molar-refractivity contribution is 5.67. The number of likely N-dealkylation sites (tertiary alicyclic amines) is 1. The number of ether oxygens (including phenoxy) is 1. The van der Waals surface area contributed by atoms with Gasteiger partial charge in [-0.25, -0.2) is 4.79 Å². The van der Waals surface area contributed by atoms with Gasteiger partial charge < -0.3 is 20.3 Å². The van der Waals surface area contributed by atoms with E-state index in [0.29, 0.717) is 31.5 Å². The maximum atomic E-state index is 11.8. The van der Waals surface area contributed by atoms with E-state index in [1.807, 2.05) is 6.92 Å². The second kappa shape index (κ2) is 9.34. The van der Waals surface area contributed by atoms with Crippen LogP contribution in [0, 0.1) is 6.92 Å². The molecular weight excluding hydrogens is 356 g/mol. The van der Waals surface area contributed by atoms with Gasteiger partial charge in [0.05, 0.1) is 12.8 Å². The van der Waals surface area contributed by atoms with E-state index in [2.05, 4.69) is 57.9 Å². The number of aromatic nitrogens is 3. The Balaban J connectivity index is 1.61. The number of anilines is 3. The van der Waals surface area contributed by atoms with Crippen molar-refractivity contribution in [2.45, 2.75) is 46.1 Å². The van der Waals surface area contributed by atoms with Crippen molar-refractivity contribution >= 4 is 23.5 Å². The van der Waals surface area contributed by atoms with Crippen molar-refractivity contribution in [1.29, 1.82) is 0 Å². The topological polar surface area (TPSA) is 92.3 Å². The van der Waals surface area contributed by atoms with Crippen molar-refractivity contribution in [1.82, 2.24) is 20.1 Å². The van der Waals surface area contributed by atoms with Crippen LogP contribution in [0.5, 0.6) is 0 Å². The summed E-state index contributed by atoms with van der Waals surface area (Å²) in [5, 5.41) is 14.9. The second-order valence-corrected chi connectivity index (χ2v) is 6.86. The molecule has 8 nitrogen and oxygen atoms in total. The third kappa shape index (κ3) is 4.88. The van der Waals surface area contributed by atoms with Crippen molar-refractivity contribution in [2.75, 3.05) is 30.3 Å². The van der Waals surface area contributed by atoms with E-state index in [0.717, 1.165) is 30.5 Å². The molecule has 0 bridgehead atoms. The third-order valence-electron chi connectivity index (χ3n) is 4.91. The lowest BCUT2D eigenvalue weighted by Crippen LogP contribution is -2.42. The van der Waals surface area contributed by atoms with Crippen molar-refractivity contribution in [3.05, 3.63) is 35.5 Å². The summed E-state index contributed by atoms with van der Waals surface area (Å²) in [7, 11) is 0. The molecule has 0 saturated carbocycles. The number of para-hydroxylation sites is 1. The molecule has 0 radical (unpaired) electrons. The average Bonchev–Trinajstić information content (AvgIpc) is 2.70. The third-order valence-corrected chi connectivity index (χ3v) is 4.91. The fraction of sp³-hybridized carbons (Fsp3) is 0.500. The minimum atomic E-state index is -0.235. The van der Waals surface area contributed by atoms with Gasteiger partial charge in [-0.05, 0) is 44.2 Å². The molecule has 2 N–H and O–H groups in total. The van der Waals surface area contributed by atoms with Crippen LogP contribution in [0.1, 0.15) is 37.8 Å². The molecule has 1 aliphatic heterocycles. The minimum absolute atomic E-state index is 0.235. The normalized spacial score (nSPS) is 14.6. The van der Waals surface area contributed by atoms with E-state index < -0.39 is 0 Å². The summed E-state index contributed by atoms with van der Waals surface area (Å²) in [6, 6.07) is 6.45. The van der Waals surface area contributed by atoms with Crippen LogP contribution in [0.3, 0.4) is 0 Å². The van der Waals surface area contributed by atoms with Crippen LogP contribution >= 0.6 is 0 Å². The molecule has 0 atom stereocenters.